The van der Waals surface area contributed by atoms with Crippen LogP contribution in [-0.2, 0) is 6.54 Å². The first-order valence-electron chi connectivity index (χ1n) is 15.5. The molecule has 42 heavy (non-hydrogen) atoms. The van der Waals surface area contributed by atoms with Crippen LogP contribution >= 0.6 is 0 Å². The van der Waals surface area contributed by atoms with Crippen LogP contribution in [0.5, 0.6) is 0 Å². The van der Waals surface area contributed by atoms with Crippen LogP contribution in [0, 0.1) is 17.7 Å². The van der Waals surface area contributed by atoms with Gasteiger partial charge in [0.15, 0.2) is 0 Å². The van der Waals surface area contributed by atoms with E-state index in [1.807, 2.05) is 25.1 Å². The normalized spacial score (nSPS) is 15.1. The SMILES string of the molecule is C=C/C=C(\C=C/C)c1c(C(=C)NC2=CCCC=C2)c(C(C)C)n(CCC(C)CC(C)CC(=C)C)c1-c1ccc(F)cc1. The summed E-state index contributed by atoms with van der Waals surface area (Å²) in [5.41, 5.74) is 9.79. The van der Waals surface area contributed by atoms with E-state index in [0.29, 0.717) is 11.8 Å². The zero-order chi connectivity index (χ0) is 30.8. The Bertz CT molecular complexity index is 1370. The van der Waals surface area contributed by atoms with Gasteiger partial charge in [0.1, 0.15) is 5.82 Å². The zero-order valence-corrected chi connectivity index (χ0v) is 26.8. The van der Waals surface area contributed by atoms with Crippen molar-refractivity contribution >= 4 is 11.3 Å². The lowest BCUT2D eigenvalue weighted by Gasteiger charge is -2.22. The average Bonchev–Trinajstić information content (AvgIpc) is 3.27. The van der Waals surface area contributed by atoms with Crippen LogP contribution in [0.3, 0.4) is 0 Å². The molecule has 3 heteroatoms. The topological polar surface area (TPSA) is 17.0 Å². The summed E-state index contributed by atoms with van der Waals surface area (Å²) in [7, 11) is 0. The van der Waals surface area contributed by atoms with Crippen molar-refractivity contribution in [3.05, 3.63) is 120 Å². The number of nitrogens with zero attached hydrogens (tertiary/aromatic N) is 1. The van der Waals surface area contributed by atoms with Crippen LogP contribution in [0.15, 0.2) is 97.8 Å². The Morgan fingerprint density at radius 2 is 1.76 bits per heavy atom. The number of allylic oxidation sites excluding steroid dienone is 9. The van der Waals surface area contributed by atoms with Gasteiger partial charge in [-0.2, -0.15) is 0 Å². The molecule has 3 rings (SSSR count). The average molecular weight is 567 g/mol. The van der Waals surface area contributed by atoms with E-state index in [9.17, 15) is 4.39 Å². The predicted molar refractivity (Wildman–Crippen MR) is 183 cm³/mol. The highest BCUT2D eigenvalue weighted by molar-refractivity contribution is 5.93. The second-order valence-electron chi connectivity index (χ2n) is 12.3. The largest absolute Gasteiger partial charge is 0.356 e. The van der Waals surface area contributed by atoms with E-state index in [1.54, 1.807) is 12.1 Å². The number of hydrogen-bond donors (Lipinski definition) is 1. The van der Waals surface area contributed by atoms with Crippen molar-refractivity contribution in [2.45, 2.75) is 86.1 Å². The summed E-state index contributed by atoms with van der Waals surface area (Å²) in [5, 5.41) is 3.64. The second kappa shape index (κ2) is 15.6. The van der Waals surface area contributed by atoms with Crippen LogP contribution in [-0.4, -0.2) is 4.57 Å². The highest BCUT2D eigenvalue weighted by Crippen LogP contribution is 2.43. The molecule has 224 valence electrons. The molecule has 0 bridgehead atoms. The molecule has 0 aliphatic heterocycles. The van der Waals surface area contributed by atoms with Gasteiger partial charge in [0.05, 0.1) is 5.69 Å². The Hall–Kier alpha value is -3.59. The molecular formula is C39H51FN2. The Morgan fingerprint density at radius 1 is 1.05 bits per heavy atom. The van der Waals surface area contributed by atoms with E-state index in [1.165, 1.54) is 11.3 Å². The predicted octanol–water partition coefficient (Wildman–Crippen LogP) is 11.4. The molecule has 2 unspecified atom stereocenters. The molecule has 0 amide bonds. The first-order valence-corrected chi connectivity index (χ1v) is 15.5. The third-order valence-corrected chi connectivity index (χ3v) is 7.84. The summed E-state index contributed by atoms with van der Waals surface area (Å²) in [6, 6.07) is 6.93. The van der Waals surface area contributed by atoms with Gasteiger partial charge in [0.25, 0.3) is 0 Å². The van der Waals surface area contributed by atoms with Crippen molar-refractivity contribution < 1.29 is 4.39 Å². The van der Waals surface area contributed by atoms with Crippen molar-refractivity contribution in [1.82, 2.24) is 9.88 Å². The third-order valence-electron chi connectivity index (χ3n) is 7.84. The number of nitrogens with one attached hydrogen (secondary N) is 1. The molecule has 0 radical (unpaired) electrons. The van der Waals surface area contributed by atoms with Gasteiger partial charge < -0.3 is 9.88 Å². The summed E-state index contributed by atoms with van der Waals surface area (Å²) in [6.07, 6.45) is 20.0. The standard InChI is InChI=1S/C39H51FN2/c1-10-15-32(16-11-2)37-36(31(9)41-35-17-13-12-14-18-35)38(28(5)6)42(39(37)33-19-21-34(40)22-20-33)24-23-29(7)26-30(8)25-27(3)4/h10-11,13,15-22,28-30,41H,1,3,9,12,14,23-26H2,2,4-8H3/b16-11-,32-15+. The first-order chi connectivity index (χ1) is 20.1. The molecule has 2 atom stereocenters. The lowest BCUT2D eigenvalue weighted by Crippen LogP contribution is -2.15. The maximum Gasteiger partial charge on any atom is 0.123 e. The van der Waals surface area contributed by atoms with E-state index < -0.39 is 0 Å². The summed E-state index contributed by atoms with van der Waals surface area (Å²) in [5.74, 6) is 1.15. The molecule has 0 spiro atoms. The van der Waals surface area contributed by atoms with Crippen molar-refractivity contribution in [3.8, 4) is 11.3 Å². The third kappa shape index (κ3) is 8.47. The summed E-state index contributed by atoms with van der Waals surface area (Å²) >= 11 is 0. The van der Waals surface area contributed by atoms with Gasteiger partial charge in [-0.1, -0.05) is 82.9 Å². The first kappa shape index (κ1) is 32.9. The molecule has 1 aromatic carbocycles. The molecular weight excluding hydrogens is 515 g/mol. The van der Waals surface area contributed by atoms with E-state index in [2.05, 4.69) is 101 Å². The van der Waals surface area contributed by atoms with Crippen LogP contribution in [0.2, 0.25) is 0 Å². The summed E-state index contributed by atoms with van der Waals surface area (Å²) in [6.45, 7) is 27.0. The van der Waals surface area contributed by atoms with Crippen molar-refractivity contribution in [3.63, 3.8) is 0 Å². The number of hydrogen-bond acceptors (Lipinski definition) is 1. The monoisotopic (exact) mass is 566 g/mol. The number of halogens is 1. The maximum absolute atomic E-state index is 14.2. The minimum absolute atomic E-state index is 0.232. The Labute approximate surface area is 254 Å². The summed E-state index contributed by atoms with van der Waals surface area (Å²) in [4.78, 5) is 0. The zero-order valence-electron chi connectivity index (χ0n) is 26.8. The molecule has 1 aliphatic rings. The highest BCUT2D eigenvalue weighted by atomic mass is 19.1. The molecule has 2 nitrogen and oxygen atoms in total. The minimum atomic E-state index is -0.236. The van der Waals surface area contributed by atoms with Gasteiger partial charge in [-0.15, -0.1) is 6.58 Å². The maximum atomic E-state index is 14.2. The van der Waals surface area contributed by atoms with Crippen molar-refractivity contribution in [1.29, 1.82) is 0 Å². The molecule has 1 heterocycles. The molecule has 1 aromatic heterocycles. The fourth-order valence-corrected chi connectivity index (χ4v) is 6.27. The van der Waals surface area contributed by atoms with Gasteiger partial charge in [-0.25, -0.2) is 4.39 Å². The van der Waals surface area contributed by atoms with E-state index >= 15 is 0 Å². The van der Waals surface area contributed by atoms with E-state index in [-0.39, 0.29) is 11.7 Å². The molecule has 1 aliphatic carbocycles. The van der Waals surface area contributed by atoms with Crippen molar-refractivity contribution in [2.75, 3.05) is 0 Å². The quantitative estimate of drug-likeness (QED) is 0.168. The van der Waals surface area contributed by atoms with Crippen molar-refractivity contribution in [2.24, 2.45) is 11.8 Å². The molecule has 1 N–H and O–H groups in total. The van der Waals surface area contributed by atoms with Gasteiger partial charge in [-0.3, -0.25) is 0 Å². The van der Waals surface area contributed by atoms with Crippen LogP contribution in [0.25, 0.3) is 22.5 Å². The number of rotatable bonds is 15. The number of benzene rings is 1. The second-order valence-corrected chi connectivity index (χ2v) is 12.3. The van der Waals surface area contributed by atoms with Crippen LogP contribution in [0.1, 0.15) is 96.4 Å². The summed E-state index contributed by atoms with van der Waals surface area (Å²) < 4.78 is 16.7. The fraction of sp³-hybridized carbons (Fsp3) is 0.385. The van der Waals surface area contributed by atoms with E-state index in [4.69, 9.17) is 0 Å². The molecule has 0 saturated carbocycles. The molecule has 0 saturated heterocycles. The van der Waals surface area contributed by atoms with Gasteiger partial charge in [-0.05, 0) is 105 Å². The Balaban J connectivity index is 2.27. The Morgan fingerprint density at radius 3 is 2.33 bits per heavy atom. The lowest BCUT2D eigenvalue weighted by molar-refractivity contribution is 0.373. The number of aromatic nitrogens is 1. The fourth-order valence-electron chi connectivity index (χ4n) is 6.27. The Kier molecular flexibility index (Phi) is 12.2. The lowest BCUT2D eigenvalue weighted by atomic mass is 9.90. The van der Waals surface area contributed by atoms with Gasteiger partial charge in [0.2, 0.25) is 0 Å². The van der Waals surface area contributed by atoms with Crippen LogP contribution < -0.4 is 5.32 Å². The smallest absolute Gasteiger partial charge is 0.123 e. The van der Waals surface area contributed by atoms with Gasteiger partial charge >= 0.3 is 0 Å². The highest BCUT2D eigenvalue weighted by Gasteiger charge is 2.29. The van der Waals surface area contributed by atoms with Gasteiger partial charge in [0, 0.05) is 34.8 Å². The molecule has 2 aromatic rings. The minimum Gasteiger partial charge on any atom is -0.356 e. The van der Waals surface area contributed by atoms with Crippen LogP contribution in [0.4, 0.5) is 4.39 Å². The van der Waals surface area contributed by atoms with E-state index in [0.717, 1.165) is 78.0 Å². The molecule has 0 fully saturated rings.